The predicted octanol–water partition coefficient (Wildman–Crippen LogP) is 5.24. The number of nitrogens with zero attached hydrogens (tertiary/aromatic N) is 1. The normalized spacial score (nSPS) is 22.6. The molecule has 1 heterocycles. The van der Waals surface area contributed by atoms with Crippen LogP contribution in [-0.4, -0.2) is 37.8 Å². The van der Waals surface area contributed by atoms with Crippen LogP contribution in [-0.2, 0) is 19.1 Å². The number of carbonyl (C=O) groups excluding carboxylic acids is 2. The van der Waals surface area contributed by atoms with Gasteiger partial charge in [-0.3, -0.25) is 14.6 Å². The van der Waals surface area contributed by atoms with Gasteiger partial charge in [0.2, 0.25) is 0 Å². The van der Waals surface area contributed by atoms with Crippen molar-refractivity contribution < 1.29 is 23.5 Å². The van der Waals surface area contributed by atoms with Crippen LogP contribution in [0.2, 0.25) is 5.02 Å². The van der Waals surface area contributed by atoms with E-state index in [0.29, 0.717) is 34.0 Å². The van der Waals surface area contributed by atoms with Crippen LogP contribution in [0, 0.1) is 11.7 Å². The maximum absolute atomic E-state index is 15.0. The Kier molecular flexibility index (Phi) is 7.05. The third-order valence-corrected chi connectivity index (χ3v) is 6.51. The summed E-state index contributed by atoms with van der Waals surface area (Å²) in [5.74, 6) is -2.86. The minimum Gasteiger partial charge on any atom is -0.463 e. The number of ketones is 1. The number of hydrogen-bond acceptors (Lipinski definition) is 5. The van der Waals surface area contributed by atoms with Crippen molar-refractivity contribution in [1.29, 1.82) is 0 Å². The molecule has 0 spiro atoms. The number of aliphatic imine (C=N–C) groups is 1. The Morgan fingerprint density at radius 2 is 1.85 bits per heavy atom. The SMILES string of the molecule is COCCOC(=O)C1C(C)=NC2=C(C(=O)C[C@@H](c3ccc(Cl)cc3)C2)[C@@H]1c1ccccc1F. The third kappa shape index (κ3) is 4.77. The molecule has 1 aliphatic heterocycles. The van der Waals surface area contributed by atoms with Gasteiger partial charge in [-0.15, -0.1) is 0 Å². The van der Waals surface area contributed by atoms with Crippen LogP contribution in [0.3, 0.4) is 0 Å². The number of Topliss-reactive ketones (excluding diaryl/α,β-unsaturated/α-hetero) is 1. The molecular formula is C26H25ClFNO4. The number of methoxy groups -OCH3 is 1. The van der Waals surface area contributed by atoms with Crippen LogP contribution in [0.1, 0.15) is 42.7 Å². The molecule has 0 fully saturated rings. The van der Waals surface area contributed by atoms with E-state index in [9.17, 15) is 14.0 Å². The number of benzene rings is 2. The molecule has 0 N–H and O–H groups in total. The molecule has 0 saturated heterocycles. The quantitative estimate of drug-likeness (QED) is 0.428. The van der Waals surface area contributed by atoms with E-state index in [1.807, 2.05) is 12.1 Å². The summed E-state index contributed by atoms with van der Waals surface area (Å²) in [5, 5.41) is 0.627. The zero-order valence-corrected chi connectivity index (χ0v) is 19.3. The minimum absolute atomic E-state index is 0.0588. The number of carbonyl (C=O) groups is 2. The fraction of sp³-hybridized carbons (Fsp3) is 0.346. The van der Waals surface area contributed by atoms with E-state index in [2.05, 4.69) is 4.99 Å². The molecule has 0 amide bonds. The van der Waals surface area contributed by atoms with Gasteiger partial charge in [0.25, 0.3) is 0 Å². The van der Waals surface area contributed by atoms with Crippen LogP contribution in [0.25, 0.3) is 0 Å². The Bertz CT molecular complexity index is 1130. The number of esters is 1. The topological polar surface area (TPSA) is 65.0 Å². The Labute approximate surface area is 197 Å². The van der Waals surface area contributed by atoms with E-state index in [0.717, 1.165) is 5.56 Å². The number of halogens is 2. The summed E-state index contributed by atoms with van der Waals surface area (Å²) in [6.07, 6.45) is 0.780. The zero-order chi connectivity index (χ0) is 23.5. The predicted molar refractivity (Wildman–Crippen MR) is 124 cm³/mol. The molecule has 3 atom stereocenters. The fourth-order valence-corrected chi connectivity index (χ4v) is 4.84. The molecular weight excluding hydrogens is 445 g/mol. The molecule has 4 rings (SSSR count). The Morgan fingerprint density at radius 3 is 2.55 bits per heavy atom. The lowest BCUT2D eigenvalue weighted by atomic mass is 9.69. The van der Waals surface area contributed by atoms with Gasteiger partial charge in [0.1, 0.15) is 18.3 Å². The summed E-state index contributed by atoms with van der Waals surface area (Å²) in [4.78, 5) is 31.2. The van der Waals surface area contributed by atoms with Crippen LogP contribution in [0.15, 0.2) is 64.8 Å². The maximum atomic E-state index is 15.0. The molecule has 7 heteroatoms. The van der Waals surface area contributed by atoms with Gasteiger partial charge in [0.15, 0.2) is 5.78 Å². The van der Waals surface area contributed by atoms with Gasteiger partial charge >= 0.3 is 5.97 Å². The Balaban J connectivity index is 1.76. The van der Waals surface area contributed by atoms with Crippen molar-refractivity contribution >= 4 is 29.1 Å². The van der Waals surface area contributed by atoms with Gasteiger partial charge in [-0.05, 0) is 48.6 Å². The lowest BCUT2D eigenvalue weighted by Gasteiger charge is -2.36. The highest BCUT2D eigenvalue weighted by Crippen LogP contribution is 2.47. The lowest BCUT2D eigenvalue weighted by Crippen LogP contribution is -2.38. The average Bonchev–Trinajstić information content (AvgIpc) is 2.79. The minimum atomic E-state index is -0.881. The number of ether oxygens (including phenoxy) is 2. The van der Waals surface area contributed by atoms with Gasteiger partial charge < -0.3 is 9.47 Å². The highest BCUT2D eigenvalue weighted by molar-refractivity contribution is 6.30. The van der Waals surface area contributed by atoms with Crippen LogP contribution >= 0.6 is 11.6 Å². The highest BCUT2D eigenvalue weighted by Gasteiger charge is 2.45. The Morgan fingerprint density at radius 1 is 1.12 bits per heavy atom. The summed E-state index contributed by atoms with van der Waals surface area (Å²) in [7, 11) is 1.51. The molecule has 0 radical (unpaired) electrons. The standard InChI is InChI=1S/C26H25ClFNO4/c1-15-23(26(31)33-12-11-32-2)24(19-5-3-4-6-20(19)28)25-21(29-15)13-17(14-22(25)30)16-7-9-18(27)10-8-16/h3-10,17,23-24H,11-14H2,1-2H3/t17-,23?,24+/m0/s1. The van der Waals surface area contributed by atoms with E-state index in [1.165, 1.54) is 13.2 Å². The van der Waals surface area contributed by atoms with Crippen molar-refractivity contribution in [3.05, 3.63) is 81.8 Å². The first-order chi connectivity index (χ1) is 15.9. The number of rotatable bonds is 6. The fourth-order valence-electron chi connectivity index (χ4n) is 4.71. The van der Waals surface area contributed by atoms with Crippen LogP contribution in [0.4, 0.5) is 4.39 Å². The molecule has 5 nitrogen and oxygen atoms in total. The number of allylic oxidation sites excluding steroid dienone is 2. The van der Waals surface area contributed by atoms with Crippen LogP contribution in [0.5, 0.6) is 0 Å². The first kappa shape index (κ1) is 23.3. The molecule has 172 valence electrons. The van der Waals surface area contributed by atoms with Gasteiger partial charge in [-0.25, -0.2) is 4.39 Å². The van der Waals surface area contributed by atoms with Gasteiger partial charge in [-0.1, -0.05) is 41.9 Å². The van der Waals surface area contributed by atoms with Crippen molar-refractivity contribution in [2.75, 3.05) is 20.3 Å². The molecule has 1 aliphatic carbocycles. The summed E-state index contributed by atoms with van der Waals surface area (Å²) in [5.41, 5.74) is 2.82. The summed E-state index contributed by atoms with van der Waals surface area (Å²) < 4.78 is 25.3. The van der Waals surface area contributed by atoms with Crippen LogP contribution < -0.4 is 0 Å². The third-order valence-electron chi connectivity index (χ3n) is 6.26. The second-order valence-electron chi connectivity index (χ2n) is 8.33. The smallest absolute Gasteiger partial charge is 0.315 e. The molecule has 2 aromatic rings. The van der Waals surface area contributed by atoms with Crippen molar-refractivity contribution in [2.24, 2.45) is 10.9 Å². The first-order valence-corrected chi connectivity index (χ1v) is 11.3. The van der Waals surface area contributed by atoms with E-state index in [-0.39, 0.29) is 31.3 Å². The van der Waals surface area contributed by atoms with Crippen molar-refractivity contribution in [1.82, 2.24) is 0 Å². The average molecular weight is 470 g/mol. The van der Waals surface area contributed by atoms with Crippen molar-refractivity contribution in [3.63, 3.8) is 0 Å². The highest BCUT2D eigenvalue weighted by atomic mass is 35.5. The Hall–Kier alpha value is -2.83. The van der Waals surface area contributed by atoms with E-state index in [1.54, 1.807) is 37.3 Å². The van der Waals surface area contributed by atoms with Crippen molar-refractivity contribution in [2.45, 2.75) is 31.6 Å². The number of hydrogen-bond donors (Lipinski definition) is 0. The maximum Gasteiger partial charge on any atom is 0.315 e. The molecule has 0 saturated carbocycles. The second kappa shape index (κ2) is 9.98. The molecule has 0 aromatic heterocycles. The van der Waals surface area contributed by atoms with Crippen molar-refractivity contribution in [3.8, 4) is 0 Å². The molecule has 0 bridgehead atoms. The lowest BCUT2D eigenvalue weighted by molar-refractivity contribution is -0.147. The van der Waals surface area contributed by atoms with Gasteiger partial charge in [0.05, 0.1) is 6.61 Å². The van der Waals surface area contributed by atoms with Gasteiger partial charge in [0, 0.05) is 41.5 Å². The summed E-state index contributed by atoms with van der Waals surface area (Å²) >= 11 is 6.02. The van der Waals surface area contributed by atoms with Gasteiger partial charge in [-0.2, -0.15) is 0 Å². The summed E-state index contributed by atoms with van der Waals surface area (Å²) in [6, 6.07) is 13.7. The van der Waals surface area contributed by atoms with E-state index < -0.39 is 23.6 Å². The molecule has 33 heavy (non-hydrogen) atoms. The first-order valence-electron chi connectivity index (χ1n) is 10.9. The monoisotopic (exact) mass is 469 g/mol. The molecule has 2 aliphatic rings. The zero-order valence-electron chi connectivity index (χ0n) is 18.5. The molecule has 1 unspecified atom stereocenters. The largest absolute Gasteiger partial charge is 0.463 e. The summed E-state index contributed by atoms with van der Waals surface area (Å²) in [6.45, 7) is 2.05. The van der Waals surface area contributed by atoms with E-state index in [4.69, 9.17) is 21.1 Å². The van der Waals surface area contributed by atoms with E-state index >= 15 is 0 Å². The molecule has 2 aromatic carbocycles. The second-order valence-corrected chi connectivity index (χ2v) is 8.77.